The molecule has 22 heavy (non-hydrogen) atoms. The first-order valence-corrected chi connectivity index (χ1v) is 6.88. The van der Waals surface area contributed by atoms with Crippen LogP contribution in [0.5, 0.6) is 5.75 Å². The van der Waals surface area contributed by atoms with Gasteiger partial charge in [0.05, 0.1) is 19.1 Å². The van der Waals surface area contributed by atoms with E-state index in [1.54, 1.807) is 37.4 Å². The molecule has 0 unspecified atom stereocenters. The van der Waals surface area contributed by atoms with E-state index >= 15 is 0 Å². The summed E-state index contributed by atoms with van der Waals surface area (Å²) in [6, 6.07) is 14.2. The van der Waals surface area contributed by atoms with Crippen LogP contribution >= 0.6 is 0 Å². The Bertz CT molecular complexity index is 683. The summed E-state index contributed by atoms with van der Waals surface area (Å²) in [5, 5.41) is 5.40. The number of methoxy groups -OCH3 is 1. The second-order valence-electron chi connectivity index (χ2n) is 4.66. The Kier molecular flexibility index (Phi) is 5.14. The molecule has 0 fully saturated rings. The number of para-hydroxylation sites is 2. The zero-order valence-corrected chi connectivity index (χ0v) is 12.6. The van der Waals surface area contributed by atoms with Gasteiger partial charge in [0.15, 0.2) is 0 Å². The van der Waals surface area contributed by atoms with Crippen LogP contribution in [0.2, 0.25) is 0 Å². The standard InChI is InChI=1S/C17H18N2O3/c1-18-16(20)11-12-7-3-5-9-14(12)19-17(21)13-8-4-6-10-15(13)22-2/h3-10H,11H2,1-2H3,(H,18,20)(H,19,21). The van der Waals surface area contributed by atoms with Gasteiger partial charge in [0, 0.05) is 12.7 Å². The Morgan fingerprint density at radius 3 is 2.45 bits per heavy atom. The number of likely N-dealkylation sites (N-methyl/N-ethyl adjacent to an activating group) is 1. The summed E-state index contributed by atoms with van der Waals surface area (Å²) in [5.74, 6) is 0.115. The van der Waals surface area contributed by atoms with E-state index < -0.39 is 0 Å². The van der Waals surface area contributed by atoms with Crippen LogP contribution in [0.3, 0.4) is 0 Å². The molecule has 5 heteroatoms. The maximum absolute atomic E-state index is 12.4. The van der Waals surface area contributed by atoms with Crippen molar-refractivity contribution in [3.63, 3.8) is 0 Å². The lowest BCUT2D eigenvalue weighted by molar-refractivity contribution is -0.119. The molecule has 2 amide bonds. The van der Waals surface area contributed by atoms with Crippen LogP contribution in [0.15, 0.2) is 48.5 Å². The molecule has 2 aromatic carbocycles. The number of hydrogen-bond donors (Lipinski definition) is 2. The van der Waals surface area contributed by atoms with Crippen LogP contribution in [0.4, 0.5) is 5.69 Å². The lowest BCUT2D eigenvalue weighted by Crippen LogP contribution is -2.21. The van der Waals surface area contributed by atoms with Gasteiger partial charge >= 0.3 is 0 Å². The van der Waals surface area contributed by atoms with Gasteiger partial charge in [-0.15, -0.1) is 0 Å². The molecule has 2 N–H and O–H groups in total. The van der Waals surface area contributed by atoms with Gasteiger partial charge in [-0.05, 0) is 23.8 Å². The second-order valence-corrected chi connectivity index (χ2v) is 4.66. The highest BCUT2D eigenvalue weighted by Gasteiger charge is 2.14. The fourth-order valence-corrected chi connectivity index (χ4v) is 2.08. The summed E-state index contributed by atoms with van der Waals surface area (Å²) >= 11 is 0. The zero-order valence-electron chi connectivity index (χ0n) is 12.6. The summed E-state index contributed by atoms with van der Waals surface area (Å²) in [6.45, 7) is 0. The molecule has 5 nitrogen and oxygen atoms in total. The molecule has 114 valence electrons. The number of rotatable bonds is 5. The van der Waals surface area contributed by atoms with Gasteiger partial charge in [-0.2, -0.15) is 0 Å². The van der Waals surface area contributed by atoms with Crippen molar-refractivity contribution in [3.8, 4) is 5.75 Å². The van der Waals surface area contributed by atoms with Gasteiger partial charge in [0.1, 0.15) is 5.75 Å². The monoisotopic (exact) mass is 298 g/mol. The van der Waals surface area contributed by atoms with E-state index in [9.17, 15) is 9.59 Å². The molecule has 0 aliphatic heterocycles. The summed E-state index contributed by atoms with van der Waals surface area (Å²) in [5.41, 5.74) is 1.81. The number of amides is 2. The molecule has 0 aliphatic rings. The number of carbonyl (C=O) groups is 2. The van der Waals surface area contributed by atoms with E-state index in [4.69, 9.17) is 4.74 Å². The van der Waals surface area contributed by atoms with Gasteiger partial charge in [-0.3, -0.25) is 9.59 Å². The predicted octanol–water partition coefficient (Wildman–Crippen LogP) is 2.24. The zero-order chi connectivity index (χ0) is 15.9. The quantitative estimate of drug-likeness (QED) is 0.889. The van der Waals surface area contributed by atoms with E-state index in [0.29, 0.717) is 17.0 Å². The maximum Gasteiger partial charge on any atom is 0.259 e. The van der Waals surface area contributed by atoms with Gasteiger partial charge in [0.2, 0.25) is 5.91 Å². The van der Waals surface area contributed by atoms with Gasteiger partial charge < -0.3 is 15.4 Å². The van der Waals surface area contributed by atoms with Crippen molar-refractivity contribution >= 4 is 17.5 Å². The largest absolute Gasteiger partial charge is 0.496 e. The third-order valence-electron chi connectivity index (χ3n) is 3.25. The molecule has 0 radical (unpaired) electrons. The van der Waals surface area contributed by atoms with Crippen molar-refractivity contribution in [2.45, 2.75) is 6.42 Å². The second kappa shape index (κ2) is 7.26. The molecule has 2 rings (SSSR count). The molecule has 0 spiro atoms. The van der Waals surface area contributed by atoms with E-state index in [0.717, 1.165) is 5.56 Å². The van der Waals surface area contributed by atoms with Crippen LogP contribution in [-0.4, -0.2) is 26.0 Å². The minimum absolute atomic E-state index is 0.112. The summed E-state index contributed by atoms with van der Waals surface area (Å²) in [6.07, 6.45) is 0.207. The summed E-state index contributed by atoms with van der Waals surface area (Å²) < 4.78 is 5.19. The average molecular weight is 298 g/mol. The van der Waals surface area contributed by atoms with Crippen molar-refractivity contribution in [1.29, 1.82) is 0 Å². The van der Waals surface area contributed by atoms with Crippen molar-refractivity contribution in [2.75, 3.05) is 19.5 Å². The van der Waals surface area contributed by atoms with Crippen molar-refractivity contribution in [1.82, 2.24) is 5.32 Å². The highest BCUT2D eigenvalue weighted by molar-refractivity contribution is 6.06. The molecule has 0 bridgehead atoms. The number of benzene rings is 2. The van der Waals surface area contributed by atoms with Crippen molar-refractivity contribution in [3.05, 3.63) is 59.7 Å². The van der Waals surface area contributed by atoms with Crippen LogP contribution < -0.4 is 15.4 Å². The lowest BCUT2D eigenvalue weighted by atomic mass is 10.1. The van der Waals surface area contributed by atoms with E-state index in [2.05, 4.69) is 10.6 Å². The minimum Gasteiger partial charge on any atom is -0.496 e. The van der Waals surface area contributed by atoms with Crippen LogP contribution in [0.25, 0.3) is 0 Å². The number of ether oxygens (including phenoxy) is 1. The molecule has 0 aromatic heterocycles. The maximum atomic E-state index is 12.4. The molecule has 2 aromatic rings. The number of nitrogens with one attached hydrogen (secondary N) is 2. The van der Waals surface area contributed by atoms with Crippen molar-refractivity contribution in [2.24, 2.45) is 0 Å². The Labute approximate surface area is 129 Å². The molecular formula is C17H18N2O3. The molecule has 0 heterocycles. The SMILES string of the molecule is CNC(=O)Cc1ccccc1NC(=O)c1ccccc1OC. The van der Waals surface area contributed by atoms with Crippen LogP contribution in [0, 0.1) is 0 Å². The molecule has 0 saturated carbocycles. The van der Waals surface area contributed by atoms with Crippen LogP contribution in [-0.2, 0) is 11.2 Å². The average Bonchev–Trinajstić information content (AvgIpc) is 2.56. The Balaban J connectivity index is 2.23. The van der Waals surface area contributed by atoms with Gasteiger partial charge in [0.25, 0.3) is 5.91 Å². The fraction of sp³-hybridized carbons (Fsp3) is 0.176. The van der Waals surface area contributed by atoms with Gasteiger partial charge in [-0.25, -0.2) is 0 Å². The summed E-state index contributed by atoms with van der Waals surface area (Å²) in [4.78, 5) is 24.0. The third-order valence-corrected chi connectivity index (χ3v) is 3.25. The first-order valence-electron chi connectivity index (χ1n) is 6.88. The predicted molar refractivity (Wildman–Crippen MR) is 85.2 cm³/mol. The number of carbonyl (C=O) groups excluding carboxylic acids is 2. The fourth-order valence-electron chi connectivity index (χ4n) is 2.08. The topological polar surface area (TPSA) is 67.4 Å². The smallest absolute Gasteiger partial charge is 0.259 e. The van der Waals surface area contributed by atoms with E-state index in [1.807, 2.05) is 18.2 Å². The van der Waals surface area contributed by atoms with Crippen molar-refractivity contribution < 1.29 is 14.3 Å². The third kappa shape index (κ3) is 3.63. The van der Waals surface area contributed by atoms with E-state index in [-0.39, 0.29) is 18.2 Å². The lowest BCUT2D eigenvalue weighted by Gasteiger charge is -2.12. The molecule has 0 saturated heterocycles. The first-order chi connectivity index (χ1) is 10.7. The molecular weight excluding hydrogens is 280 g/mol. The van der Waals surface area contributed by atoms with Crippen LogP contribution in [0.1, 0.15) is 15.9 Å². The highest BCUT2D eigenvalue weighted by Crippen LogP contribution is 2.21. The normalized spacial score (nSPS) is 9.91. The highest BCUT2D eigenvalue weighted by atomic mass is 16.5. The summed E-state index contributed by atoms with van der Waals surface area (Å²) in [7, 11) is 3.10. The number of hydrogen-bond acceptors (Lipinski definition) is 3. The molecule has 0 atom stereocenters. The Hall–Kier alpha value is -2.82. The van der Waals surface area contributed by atoms with E-state index in [1.165, 1.54) is 7.11 Å². The van der Waals surface area contributed by atoms with Gasteiger partial charge in [-0.1, -0.05) is 30.3 Å². The Morgan fingerprint density at radius 1 is 1.05 bits per heavy atom. The molecule has 0 aliphatic carbocycles. The minimum atomic E-state index is -0.276. The number of anilines is 1. The Morgan fingerprint density at radius 2 is 1.73 bits per heavy atom. The first kappa shape index (κ1) is 15.6.